The van der Waals surface area contributed by atoms with Crippen LogP contribution in [0.3, 0.4) is 0 Å². The van der Waals surface area contributed by atoms with Crippen molar-refractivity contribution >= 4 is 0 Å². The molecule has 0 radical (unpaired) electrons. The summed E-state index contributed by atoms with van der Waals surface area (Å²) in [5.41, 5.74) is 0. The van der Waals surface area contributed by atoms with Crippen molar-refractivity contribution in [3.8, 4) is 0 Å². The molecule has 4 nitrogen and oxygen atoms in total. The first-order valence-corrected chi connectivity index (χ1v) is 5.15. The van der Waals surface area contributed by atoms with Crippen molar-refractivity contribution in [1.29, 1.82) is 0 Å². The van der Waals surface area contributed by atoms with Crippen LogP contribution in [-0.4, -0.2) is 39.0 Å². The molecule has 1 fully saturated rings. The highest BCUT2D eigenvalue weighted by Crippen LogP contribution is 2.20. The van der Waals surface area contributed by atoms with Crippen LogP contribution in [0, 0.1) is 0 Å². The lowest BCUT2D eigenvalue weighted by Crippen LogP contribution is -2.50. The monoisotopic (exact) mass is 206 g/mol. The summed E-state index contributed by atoms with van der Waals surface area (Å²) < 4.78 is 21.1. The number of hydrogen-bond donors (Lipinski definition) is 0. The smallest absolute Gasteiger partial charge is 0.216 e. The molecule has 0 saturated carbocycles. The van der Waals surface area contributed by atoms with Crippen LogP contribution < -0.4 is 0 Å². The highest BCUT2D eigenvalue weighted by atomic mass is 16.8. The van der Waals surface area contributed by atoms with Crippen molar-refractivity contribution in [2.45, 2.75) is 39.8 Å². The van der Waals surface area contributed by atoms with Crippen molar-refractivity contribution in [1.82, 2.24) is 0 Å². The van der Waals surface area contributed by atoms with Gasteiger partial charge < -0.3 is 18.9 Å². The number of ether oxygens (including phenoxy) is 4. The zero-order valence-corrected chi connectivity index (χ0v) is 9.83. The highest BCUT2D eigenvalue weighted by Gasteiger charge is 2.36. The minimum absolute atomic E-state index is 0.159. The molecule has 86 valence electrons. The van der Waals surface area contributed by atoms with Crippen LogP contribution in [0.1, 0.15) is 27.7 Å². The van der Waals surface area contributed by atoms with E-state index in [1.165, 1.54) is 0 Å². The van der Waals surface area contributed by atoms with Crippen molar-refractivity contribution < 1.29 is 18.9 Å². The molecule has 4 heteroatoms. The molecule has 0 N–H and O–H groups in total. The van der Waals surface area contributed by atoms with Gasteiger partial charge in [0.05, 0.1) is 0 Å². The quantitative estimate of drug-likeness (QED) is 0.660. The number of hydrogen-bond acceptors (Lipinski definition) is 4. The van der Waals surface area contributed by atoms with Crippen molar-refractivity contribution in [2.75, 3.05) is 26.9 Å². The van der Waals surface area contributed by atoms with Crippen molar-refractivity contribution in [3.05, 3.63) is 0 Å². The van der Waals surface area contributed by atoms with E-state index in [1.54, 1.807) is 7.11 Å². The van der Waals surface area contributed by atoms with E-state index in [4.69, 9.17) is 18.9 Å². The first-order chi connectivity index (χ1) is 6.72. The van der Waals surface area contributed by atoms with E-state index in [0.717, 1.165) is 0 Å². The molecule has 1 heterocycles. The predicted molar refractivity (Wildman–Crippen MR) is 54.1 cm³/mol. The molecule has 0 aromatic carbocycles. The molecular weight excluding hydrogens is 184 g/mol. The SMILES string of the molecule is CC.CCOC1(OC)COC(C)OC1. The molecule has 0 unspecified atom stereocenters. The fourth-order valence-electron chi connectivity index (χ4n) is 1.10. The molecular formula is C10H22O4. The van der Waals surface area contributed by atoms with Crippen molar-refractivity contribution in [2.24, 2.45) is 0 Å². The predicted octanol–water partition coefficient (Wildman–Crippen LogP) is 1.78. The minimum atomic E-state index is -0.693. The van der Waals surface area contributed by atoms with Crippen LogP contribution in [0.25, 0.3) is 0 Å². The maximum atomic E-state index is 5.40. The van der Waals surface area contributed by atoms with Gasteiger partial charge in [0.25, 0.3) is 0 Å². The average molecular weight is 206 g/mol. The Labute approximate surface area is 86.5 Å². The van der Waals surface area contributed by atoms with Crippen LogP contribution in [0.2, 0.25) is 0 Å². The molecule has 0 atom stereocenters. The fraction of sp³-hybridized carbons (Fsp3) is 1.00. The summed E-state index contributed by atoms with van der Waals surface area (Å²) in [6.07, 6.45) is -0.159. The lowest BCUT2D eigenvalue weighted by Gasteiger charge is -2.37. The third-order valence-electron chi connectivity index (χ3n) is 1.86. The van der Waals surface area contributed by atoms with Gasteiger partial charge in [-0.15, -0.1) is 0 Å². The Morgan fingerprint density at radius 3 is 2.14 bits per heavy atom. The third kappa shape index (κ3) is 3.92. The summed E-state index contributed by atoms with van der Waals surface area (Å²) in [5.74, 6) is -0.693. The van der Waals surface area contributed by atoms with E-state index in [-0.39, 0.29) is 6.29 Å². The molecule has 1 rings (SSSR count). The standard InChI is InChI=1S/C8H16O4.C2H6/c1-4-12-8(9-3)5-10-7(2)11-6-8;1-2/h7H,4-6H2,1-3H3;1-2H3. The number of methoxy groups -OCH3 is 1. The van der Waals surface area contributed by atoms with Gasteiger partial charge in [-0.05, 0) is 13.8 Å². The van der Waals surface area contributed by atoms with Crippen LogP contribution in [0.4, 0.5) is 0 Å². The summed E-state index contributed by atoms with van der Waals surface area (Å²) >= 11 is 0. The Hall–Kier alpha value is -0.160. The first-order valence-electron chi connectivity index (χ1n) is 5.15. The molecule has 1 saturated heterocycles. The van der Waals surface area contributed by atoms with Gasteiger partial charge in [0.15, 0.2) is 6.29 Å². The van der Waals surface area contributed by atoms with Crippen LogP contribution in [0.5, 0.6) is 0 Å². The molecule has 0 aromatic heterocycles. The second-order valence-electron chi connectivity index (χ2n) is 2.74. The molecule has 0 amide bonds. The Bertz CT molecular complexity index is 130. The van der Waals surface area contributed by atoms with Gasteiger partial charge in [0.1, 0.15) is 13.2 Å². The van der Waals surface area contributed by atoms with Crippen LogP contribution in [-0.2, 0) is 18.9 Å². The zero-order chi connectivity index (χ0) is 11.0. The minimum Gasteiger partial charge on any atom is -0.349 e. The van der Waals surface area contributed by atoms with E-state index >= 15 is 0 Å². The van der Waals surface area contributed by atoms with Gasteiger partial charge in [-0.25, -0.2) is 0 Å². The molecule has 1 aliphatic heterocycles. The molecule has 14 heavy (non-hydrogen) atoms. The van der Waals surface area contributed by atoms with Crippen LogP contribution in [0.15, 0.2) is 0 Å². The summed E-state index contributed by atoms with van der Waals surface area (Å²) in [7, 11) is 1.60. The van der Waals surface area contributed by atoms with E-state index in [1.807, 2.05) is 27.7 Å². The Balaban J connectivity index is 0.000000791. The van der Waals surface area contributed by atoms with Gasteiger partial charge in [-0.3, -0.25) is 0 Å². The average Bonchev–Trinajstić information content (AvgIpc) is 2.25. The van der Waals surface area contributed by atoms with Crippen molar-refractivity contribution in [3.63, 3.8) is 0 Å². The maximum Gasteiger partial charge on any atom is 0.216 e. The largest absolute Gasteiger partial charge is 0.349 e. The summed E-state index contributed by atoms with van der Waals surface area (Å²) in [4.78, 5) is 0. The topological polar surface area (TPSA) is 36.9 Å². The van der Waals surface area contributed by atoms with Crippen LogP contribution >= 0.6 is 0 Å². The Kier molecular flexibility index (Phi) is 7.09. The van der Waals surface area contributed by atoms with E-state index in [2.05, 4.69) is 0 Å². The molecule has 0 aromatic rings. The maximum absolute atomic E-state index is 5.40. The zero-order valence-electron chi connectivity index (χ0n) is 9.83. The molecule has 0 spiro atoms. The van der Waals surface area contributed by atoms with Gasteiger partial charge in [0.2, 0.25) is 5.79 Å². The Morgan fingerprint density at radius 1 is 1.29 bits per heavy atom. The third-order valence-corrected chi connectivity index (χ3v) is 1.86. The molecule has 0 aliphatic carbocycles. The summed E-state index contributed by atoms with van der Waals surface area (Å²) in [6.45, 7) is 9.22. The first kappa shape index (κ1) is 13.8. The second kappa shape index (κ2) is 7.17. The molecule has 1 aliphatic rings. The fourth-order valence-corrected chi connectivity index (χ4v) is 1.10. The van der Waals surface area contributed by atoms with E-state index < -0.39 is 5.79 Å². The second-order valence-corrected chi connectivity index (χ2v) is 2.74. The summed E-state index contributed by atoms with van der Waals surface area (Å²) in [6, 6.07) is 0. The van der Waals surface area contributed by atoms with E-state index in [0.29, 0.717) is 19.8 Å². The van der Waals surface area contributed by atoms with E-state index in [9.17, 15) is 0 Å². The lowest BCUT2D eigenvalue weighted by atomic mass is 10.3. The molecule has 0 bridgehead atoms. The van der Waals surface area contributed by atoms with Gasteiger partial charge in [-0.1, -0.05) is 13.8 Å². The van der Waals surface area contributed by atoms with Gasteiger partial charge in [-0.2, -0.15) is 0 Å². The number of rotatable bonds is 3. The Morgan fingerprint density at radius 2 is 1.79 bits per heavy atom. The lowest BCUT2D eigenvalue weighted by molar-refractivity contribution is -0.338. The highest BCUT2D eigenvalue weighted by molar-refractivity contribution is 4.71. The van der Waals surface area contributed by atoms with Gasteiger partial charge >= 0.3 is 0 Å². The summed E-state index contributed by atoms with van der Waals surface area (Å²) in [5, 5.41) is 0. The van der Waals surface area contributed by atoms with Gasteiger partial charge in [0, 0.05) is 13.7 Å². The normalized spacial score (nSPS) is 31.9.